The van der Waals surface area contributed by atoms with Gasteiger partial charge in [-0.25, -0.2) is 4.98 Å². The molecule has 0 unspecified atom stereocenters. The number of rotatable bonds is 8. The summed E-state index contributed by atoms with van der Waals surface area (Å²) in [6.45, 7) is 6.89. The minimum Gasteiger partial charge on any atom is -0.394 e. The highest BCUT2D eigenvalue weighted by Gasteiger charge is 2.16. The Hall–Kier alpha value is -2.67. The first kappa shape index (κ1) is 20.6. The molecular weight excluding hydrogens is 340 g/mol. The van der Waals surface area contributed by atoms with Crippen molar-refractivity contribution in [2.45, 2.75) is 53.2 Å². The molecular formula is C20H30N6O. The molecule has 3 aromatic rings. The van der Waals surface area contributed by atoms with Crippen LogP contribution in [-0.4, -0.2) is 37.3 Å². The quantitative estimate of drug-likeness (QED) is 0.558. The van der Waals surface area contributed by atoms with E-state index in [0.717, 1.165) is 17.6 Å². The maximum Gasteiger partial charge on any atom is 0.227 e. The number of benzene rings is 1. The molecule has 2 aromatic heterocycles. The molecule has 146 valence electrons. The zero-order valence-corrected chi connectivity index (χ0v) is 15.5. The topological polar surface area (TPSA) is 87.9 Å². The summed E-state index contributed by atoms with van der Waals surface area (Å²) < 4.78 is 2.02. The summed E-state index contributed by atoms with van der Waals surface area (Å²) in [5, 5.41) is 16.1. The predicted molar refractivity (Wildman–Crippen MR) is 111 cm³/mol. The van der Waals surface area contributed by atoms with Crippen molar-refractivity contribution in [3.63, 3.8) is 0 Å². The lowest BCUT2D eigenvalue weighted by atomic mass is 10.2. The Morgan fingerprint density at radius 1 is 1.15 bits per heavy atom. The van der Waals surface area contributed by atoms with Gasteiger partial charge in [-0.2, -0.15) is 9.97 Å². The highest BCUT2D eigenvalue weighted by Crippen LogP contribution is 2.24. The number of nitrogens with zero attached hydrogens (tertiary/aromatic N) is 4. The van der Waals surface area contributed by atoms with Crippen LogP contribution in [0.3, 0.4) is 0 Å². The number of hydrogen-bond donors (Lipinski definition) is 3. The molecule has 1 aromatic carbocycles. The number of aliphatic hydroxyl groups is 1. The second-order valence-electron chi connectivity index (χ2n) is 6.58. The lowest BCUT2D eigenvalue weighted by Crippen LogP contribution is -2.24. The second kappa shape index (κ2) is 9.32. The number of aromatic nitrogens is 4. The summed E-state index contributed by atoms with van der Waals surface area (Å²) >= 11 is 0. The Labute approximate surface area is 160 Å². The Kier molecular flexibility index (Phi) is 7.12. The molecule has 0 saturated heterocycles. The Bertz CT molecular complexity index is 842. The van der Waals surface area contributed by atoms with Crippen molar-refractivity contribution in [3.05, 3.63) is 42.2 Å². The number of nitrogens with one attached hydrogen (secondary N) is 2. The fourth-order valence-corrected chi connectivity index (χ4v) is 2.72. The molecule has 0 radical (unpaired) electrons. The van der Waals surface area contributed by atoms with Gasteiger partial charge in [-0.3, -0.25) is 0 Å². The van der Waals surface area contributed by atoms with Crippen molar-refractivity contribution >= 4 is 22.9 Å². The van der Waals surface area contributed by atoms with Gasteiger partial charge in [0.2, 0.25) is 5.95 Å². The third-order valence-corrected chi connectivity index (χ3v) is 4.33. The number of imidazole rings is 1. The first-order chi connectivity index (χ1) is 12.6. The molecule has 0 spiro atoms. The zero-order chi connectivity index (χ0) is 18.5. The van der Waals surface area contributed by atoms with E-state index >= 15 is 0 Å². The van der Waals surface area contributed by atoms with E-state index in [0.29, 0.717) is 18.3 Å². The summed E-state index contributed by atoms with van der Waals surface area (Å²) in [6, 6.07) is 10.3. The fourth-order valence-electron chi connectivity index (χ4n) is 2.72. The number of aliphatic hydroxyl groups excluding tert-OH is 1. The van der Waals surface area contributed by atoms with Crippen molar-refractivity contribution < 1.29 is 5.11 Å². The van der Waals surface area contributed by atoms with Crippen molar-refractivity contribution in [1.29, 1.82) is 0 Å². The van der Waals surface area contributed by atoms with Crippen LogP contribution >= 0.6 is 0 Å². The van der Waals surface area contributed by atoms with Gasteiger partial charge in [-0.15, -0.1) is 0 Å². The molecule has 0 amide bonds. The van der Waals surface area contributed by atoms with E-state index in [9.17, 15) is 5.11 Å². The molecule has 3 rings (SSSR count). The third kappa shape index (κ3) is 4.74. The van der Waals surface area contributed by atoms with Gasteiger partial charge >= 0.3 is 0 Å². The SMILES string of the molecule is C.CC[C@@H](CO)Nc1nc(NCc2ccccc2)c2ncn(C(C)C)c2n1. The normalized spacial score (nSPS) is 12.0. The Morgan fingerprint density at radius 3 is 2.52 bits per heavy atom. The first-order valence-electron chi connectivity index (χ1n) is 9.02. The van der Waals surface area contributed by atoms with Crippen molar-refractivity contribution in [2.75, 3.05) is 17.2 Å². The summed E-state index contributed by atoms with van der Waals surface area (Å²) in [4.78, 5) is 13.8. The van der Waals surface area contributed by atoms with Crippen LogP contribution in [0.25, 0.3) is 11.2 Å². The maximum absolute atomic E-state index is 9.47. The van der Waals surface area contributed by atoms with E-state index in [2.05, 4.69) is 51.6 Å². The van der Waals surface area contributed by atoms with E-state index < -0.39 is 0 Å². The summed E-state index contributed by atoms with van der Waals surface area (Å²) in [5.41, 5.74) is 2.69. The molecule has 0 saturated carbocycles. The molecule has 1 atom stereocenters. The molecule has 0 aliphatic carbocycles. The van der Waals surface area contributed by atoms with Crippen LogP contribution in [-0.2, 0) is 6.54 Å². The Balaban J connectivity index is 0.00000261. The van der Waals surface area contributed by atoms with Gasteiger partial charge in [0.15, 0.2) is 17.0 Å². The highest BCUT2D eigenvalue weighted by atomic mass is 16.3. The lowest BCUT2D eigenvalue weighted by Gasteiger charge is -2.16. The standard InChI is InChI=1S/C19H26N6O.CH4/c1-4-15(11-26)22-19-23-17(20-10-14-8-6-5-7-9-14)16-18(24-19)25(12-21-16)13(2)3;/h5-9,12-13,15,26H,4,10-11H2,1-3H3,(H2,20,22,23,24);1H4/t15-;/m0./s1. The van der Waals surface area contributed by atoms with Crippen molar-refractivity contribution in [3.8, 4) is 0 Å². The van der Waals surface area contributed by atoms with Gasteiger partial charge in [-0.05, 0) is 25.8 Å². The smallest absolute Gasteiger partial charge is 0.227 e. The van der Waals surface area contributed by atoms with Gasteiger partial charge in [0.25, 0.3) is 0 Å². The number of anilines is 2. The lowest BCUT2D eigenvalue weighted by molar-refractivity contribution is 0.271. The Morgan fingerprint density at radius 2 is 1.89 bits per heavy atom. The maximum atomic E-state index is 9.47. The van der Waals surface area contributed by atoms with Gasteiger partial charge < -0.3 is 20.3 Å². The molecule has 0 aliphatic heterocycles. The highest BCUT2D eigenvalue weighted by molar-refractivity contribution is 5.84. The molecule has 27 heavy (non-hydrogen) atoms. The van der Waals surface area contributed by atoms with Crippen LogP contribution in [0.2, 0.25) is 0 Å². The molecule has 7 nitrogen and oxygen atoms in total. The largest absolute Gasteiger partial charge is 0.394 e. The first-order valence-corrected chi connectivity index (χ1v) is 9.02. The van der Waals surface area contributed by atoms with Crippen LogP contribution in [0.15, 0.2) is 36.7 Å². The molecule has 3 N–H and O–H groups in total. The van der Waals surface area contributed by atoms with E-state index in [1.807, 2.05) is 29.7 Å². The van der Waals surface area contributed by atoms with Crippen LogP contribution < -0.4 is 10.6 Å². The average Bonchev–Trinajstić information content (AvgIpc) is 3.09. The van der Waals surface area contributed by atoms with Crippen LogP contribution in [0.4, 0.5) is 11.8 Å². The summed E-state index contributed by atoms with van der Waals surface area (Å²) in [6.07, 6.45) is 2.58. The second-order valence-corrected chi connectivity index (χ2v) is 6.58. The molecule has 2 heterocycles. The van der Waals surface area contributed by atoms with Crippen molar-refractivity contribution in [2.24, 2.45) is 0 Å². The van der Waals surface area contributed by atoms with Crippen LogP contribution in [0.1, 0.15) is 46.2 Å². The molecule has 7 heteroatoms. The number of hydrogen-bond acceptors (Lipinski definition) is 6. The van der Waals surface area contributed by atoms with Gasteiger partial charge in [-0.1, -0.05) is 44.7 Å². The third-order valence-electron chi connectivity index (χ3n) is 4.33. The van der Waals surface area contributed by atoms with Gasteiger partial charge in [0.05, 0.1) is 19.0 Å². The molecule has 0 aliphatic rings. The van der Waals surface area contributed by atoms with E-state index in [1.54, 1.807) is 6.33 Å². The molecule has 0 bridgehead atoms. The monoisotopic (exact) mass is 370 g/mol. The summed E-state index contributed by atoms with van der Waals surface area (Å²) in [7, 11) is 0. The fraction of sp³-hybridized carbons (Fsp3) is 0.450. The van der Waals surface area contributed by atoms with Crippen molar-refractivity contribution in [1.82, 2.24) is 19.5 Å². The van der Waals surface area contributed by atoms with Gasteiger partial charge in [0, 0.05) is 12.6 Å². The molecule has 0 fully saturated rings. The van der Waals surface area contributed by atoms with Crippen LogP contribution in [0.5, 0.6) is 0 Å². The van der Waals surface area contributed by atoms with Crippen LogP contribution in [0, 0.1) is 0 Å². The zero-order valence-electron chi connectivity index (χ0n) is 15.5. The van der Waals surface area contributed by atoms with Gasteiger partial charge in [0.1, 0.15) is 0 Å². The van der Waals surface area contributed by atoms with E-state index in [1.165, 1.54) is 5.56 Å². The number of fused-ring (bicyclic) bond motifs is 1. The summed E-state index contributed by atoms with van der Waals surface area (Å²) in [5.74, 6) is 1.19. The minimum atomic E-state index is -0.0788. The average molecular weight is 371 g/mol. The minimum absolute atomic E-state index is 0. The van der Waals surface area contributed by atoms with E-state index in [-0.39, 0.29) is 26.1 Å². The predicted octanol–water partition coefficient (Wildman–Crippen LogP) is 3.84. The van der Waals surface area contributed by atoms with E-state index in [4.69, 9.17) is 0 Å².